The number of nitrogens with two attached hydrogens (primary N) is 1. The second-order valence-electron chi connectivity index (χ2n) is 5.57. The number of amides is 1. The molecular weight excluding hydrogens is 232 g/mol. The van der Waals surface area contributed by atoms with Gasteiger partial charge in [0.15, 0.2) is 0 Å². The monoisotopic (exact) mass is 254 g/mol. The molecule has 1 saturated carbocycles. The van der Waals surface area contributed by atoms with E-state index >= 15 is 0 Å². The van der Waals surface area contributed by atoms with E-state index in [0.29, 0.717) is 25.8 Å². The van der Waals surface area contributed by atoms with Crippen molar-refractivity contribution in [2.75, 3.05) is 6.54 Å². The van der Waals surface area contributed by atoms with E-state index in [4.69, 9.17) is 5.73 Å². The lowest BCUT2D eigenvalue weighted by Crippen LogP contribution is -2.57. The van der Waals surface area contributed by atoms with E-state index in [2.05, 4.69) is 0 Å². The van der Waals surface area contributed by atoms with E-state index < -0.39 is 17.6 Å². The first-order valence-electron chi connectivity index (χ1n) is 6.87. The van der Waals surface area contributed by atoms with Crippen molar-refractivity contribution in [2.24, 2.45) is 5.73 Å². The van der Waals surface area contributed by atoms with E-state index in [1.807, 2.05) is 0 Å². The van der Waals surface area contributed by atoms with Crippen LogP contribution in [0.4, 0.5) is 0 Å². The summed E-state index contributed by atoms with van der Waals surface area (Å²) in [5.74, 6) is -1.04. The minimum Gasteiger partial charge on any atom is -0.480 e. The van der Waals surface area contributed by atoms with E-state index in [-0.39, 0.29) is 5.91 Å². The van der Waals surface area contributed by atoms with Gasteiger partial charge in [-0.25, -0.2) is 4.79 Å². The number of carboxylic acids is 1. The van der Waals surface area contributed by atoms with Crippen LogP contribution in [-0.2, 0) is 9.59 Å². The quantitative estimate of drug-likeness (QED) is 0.773. The lowest BCUT2D eigenvalue weighted by atomic mass is 9.96. The molecule has 0 spiro atoms. The summed E-state index contributed by atoms with van der Waals surface area (Å²) in [6.45, 7) is 0.536. The summed E-state index contributed by atoms with van der Waals surface area (Å²) < 4.78 is 0. The summed E-state index contributed by atoms with van der Waals surface area (Å²) in [4.78, 5) is 25.4. The minimum absolute atomic E-state index is 0.144. The Morgan fingerprint density at radius 2 is 1.78 bits per heavy atom. The van der Waals surface area contributed by atoms with Crippen LogP contribution >= 0.6 is 0 Å². The summed E-state index contributed by atoms with van der Waals surface area (Å²) in [5.41, 5.74) is 5.36. The zero-order valence-corrected chi connectivity index (χ0v) is 10.7. The lowest BCUT2D eigenvalue weighted by molar-refractivity contribution is -0.152. The molecule has 0 bridgehead atoms. The Kier molecular flexibility index (Phi) is 3.90. The van der Waals surface area contributed by atoms with E-state index in [0.717, 1.165) is 32.1 Å². The SMILES string of the molecule is NC1(C(=O)N2CCCCCC2C(=O)O)CCCC1. The number of carbonyl (C=O) groups excluding carboxylic acids is 1. The van der Waals surface area contributed by atoms with E-state index in [1.165, 1.54) is 4.90 Å². The Bertz CT molecular complexity index is 337. The van der Waals surface area contributed by atoms with Gasteiger partial charge in [0, 0.05) is 6.54 Å². The fourth-order valence-corrected chi connectivity index (χ4v) is 3.11. The van der Waals surface area contributed by atoms with E-state index in [1.54, 1.807) is 0 Å². The second kappa shape index (κ2) is 5.26. The fourth-order valence-electron chi connectivity index (χ4n) is 3.11. The summed E-state index contributed by atoms with van der Waals surface area (Å²) in [5, 5.41) is 9.27. The molecule has 1 heterocycles. The van der Waals surface area contributed by atoms with Gasteiger partial charge in [-0.2, -0.15) is 0 Å². The third kappa shape index (κ3) is 2.51. The first-order valence-corrected chi connectivity index (χ1v) is 6.87. The van der Waals surface area contributed by atoms with Gasteiger partial charge in [0.25, 0.3) is 0 Å². The lowest BCUT2D eigenvalue weighted by Gasteiger charge is -2.34. The molecule has 18 heavy (non-hydrogen) atoms. The van der Waals surface area contributed by atoms with Crippen molar-refractivity contribution in [1.82, 2.24) is 4.90 Å². The van der Waals surface area contributed by atoms with Crippen LogP contribution in [0.15, 0.2) is 0 Å². The first-order chi connectivity index (χ1) is 8.54. The Labute approximate surface area is 107 Å². The number of hydrogen-bond acceptors (Lipinski definition) is 3. The van der Waals surface area contributed by atoms with Crippen molar-refractivity contribution in [3.8, 4) is 0 Å². The number of carboxylic acid groups (broad SMARTS) is 1. The average Bonchev–Trinajstić information content (AvgIpc) is 2.65. The number of hydrogen-bond donors (Lipinski definition) is 2. The molecule has 5 nitrogen and oxygen atoms in total. The van der Waals surface area contributed by atoms with E-state index in [9.17, 15) is 14.7 Å². The molecule has 0 aromatic rings. The third-order valence-electron chi connectivity index (χ3n) is 4.22. The van der Waals surface area contributed by atoms with Gasteiger partial charge in [-0.1, -0.05) is 25.7 Å². The zero-order valence-electron chi connectivity index (χ0n) is 10.7. The number of likely N-dealkylation sites (tertiary alicyclic amines) is 1. The highest BCUT2D eigenvalue weighted by molar-refractivity contribution is 5.90. The molecule has 1 amide bonds. The number of rotatable bonds is 2. The second-order valence-corrected chi connectivity index (χ2v) is 5.57. The smallest absolute Gasteiger partial charge is 0.326 e. The van der Waals surface area contributed by atoms with Gasteiger partial charge in [0.1, 0.15) is 6.04 Å². The molecule has 2 aliphatic rings. The summed E-state index contributed by atoms with van der Waals surface area (Å²) in [6, 6.07) is -0.680. The molecule has 2 fully saturated rings. The largest absolute Gasteiger partial charge is 0.480 e. The van der Waals surface area contributed by atoms with Crippen molar-refractivity contribution in [2.45, 2.75) is 62.9 Å². The molecule has 102 valence electrons. The Morgan fingerprint density at radius 3 is 2.39 bits per heavy atom. The van der Waals surface area contributed by atoms with Crippen LogP contribution in [0.25, 0.3) is 0 Å². The maximum Gasteiger partial charge on any atom is 0.326 e. The van der Waals surface area contributed by atoms with Gasteiger partial charge >= 0.3 is 5.97 Å². The van der Waals surface area contributed by atoms with Crippen molar-refractivity contribution >= 4 is 11.9 Å². The van der Waals surface area contributed by atoms with Gasteiger partial charge in [0.2, 0.25) is 5.91 Å². The maximum atomic E-state index is 12.5. The Balaban J connectivity index is 2.16. The van der Waals surface area contributed by atoms with Gasteiger partial charge in [-0.15, -0.1) is 0 Å². The highest BCUT2D eigenvalue weighted by Crippen LogP contribution is 2.31. The van der Waals surface area contributed by atoms with Gasteiger partial charge < -0.3 is 15.7 Å². The molecule has 1 atom stereocenters. The Hall–Kier alpha value is -1.10. The van der Waals surface area contributed by atoms with Crippen LogP contribution in [-0.4, -0.2) is 40.0 Å². The molecule has 2 rings (SSSR count). The number of carbonyl (C=O) groups is 2. The fraction of sp³-hybridized carbons (Fsp3) is 0.846. The molecule has 1 saturated heterocycles. The van der Waals surface area contributed by atoms with Gasteiger partial charge in [0.05, 0.1) is 5.54 Å². The normalized spacial score (nSPS) is 27.8. The van der Waals surface area contributed by atoms with Crippen LogP contribution < -0.4 is 5.73 Å². The van der Waals surface area contributed by atoms with Crippen molar-refractivity contribution in [1.29, 1.82) is 0 Å². The predicted octanol–water partition coefficient (Wildman–Crippen LogP) is 1.11. The van der Waals surface area contributed by atoms with Crippen molar-refractivity contribution < 1.29 is 14.7 Å². The molecule has 5 heteroatoms. The third-order valence-corrected chi connectivity index (χ3v) is 4.22. The molecule has 0 aromatic heterocycles. The summed E-state index contributed by atoms with van der Waals surface area (Å²) in [7, 11) is 0. The topological polar surface area (TPSA) is 83.6 Å². The standard InChI is InChI=1S/C13H22N2O3/c14-13(7-3-4-8-13)12(18)15-9-5-1-2-6-10(15)11(16)17/h10H,1-9,14H2,(H,16,17). The molecule has 0 radical (unpaired) electrons. The van der Waals surface area contributed by atoms with Gasteiger partial charge in [-0.05, 0) is 25.7 Å². The molecule has 1 aliphatic heterocycles. The summed E-state index contributed by atoms with van der Waals surface area (Å²) in [6.07, 6.45) is 6.61. The van der Waals surface area contributed by atoms with Gasteiger partial charge in [-0.3, -0.25) is 4.79 Å². The zero-order chi connectivity index (χ0) is 13.2. The summed E-state index contributed by atoms with van der Waals surface area (Å²) >= 11 is 0. The van der Waals surface area contributed by atoms with Crippen LogP contribution in [0.2, 0.25) is 0 Å². The average molecular weight is 254 g/mol. The number of nitrogens with zero attached hydrogens (tertiary/aromatic N) is 1. The van der Waals surface area contributed by atoms with Crippen LogP contribution in [0.1, 0.15) is 51.4 Å². The molecule has 0 aromatic carbocycles. The van der Waals surface area contributed by atoms with Crippen LogP contribution in [0, 0.1) is 0 Å². The van der Waals surface area contributed by atoms with Crippen molar-refractivity contribution in [3.05, 3.63) is 0 Å². The molecule has 1 aliphatic carbocycles. The maximum absolute atomic E-state index is 12.5. The highest BCUT2D eigenvalue weighted by atomic mass is 16.4. The Morgan fingerprint density at radius 1 is 1.11 bits per heavy atom. The molecule has 3 N–H and O–H groups in total. The number of aliphatic carboxylic acids is 1. The van der Waals surface area contributed by atoms with Crippen molar-refractivity contribution in [3.63, 3.8) is 0 Å². The minimum atomic E-state index is -0.896. The van der Waals surface area contributed by atoms with Crippen LogP contribution in [0.3, 0.4) is 0 Å². The van der Waals surface area contributed by atoms with Crippen LogP contribution in [0.5, 0.6) is 0 Å². The molecular formula is C13H22N2O3. The molecule has 1 unspecified atom stereocenters. The first kappa shape index (κ1) is 13.3. The predicted molar refractivity (Wildman–Crippen MR) is 67.0 cm³/mol. The highest BCUT2D eigenvalue weighted by Gasteiger charge is 2.43.